The molecule has 8 heteroatoms. The number of aromatic amines is 1. The highest BCUT2D eigenvalue weighted by molar-refractivity contribution is 7.98. The second-order valence-corrected chi connectivity index (χ2v) is 7.18. The van der Waals surface area contributed by atoms with Crippen molar-refractivity contribution < 1.29 is 4.79 Å². The molecule has 3 rings (SSSR count). The molecular weight excluding hydrogens is 360 g/mol. The van der Waals surface area contributed by atoms with E-state index in [4.69, 9.17) is 5.73 Å². The molecule has 1 heterocycles. The maximum absolute atomic E-state index is 12.0. The molecule has 0 radical (unpaired) electrons. The van der Waals surface area contributed by atoms with Gasteiger partial charge in [-0.3, -0.25) is 9.59 Å². The summed E-state index contributed by atoms with van der Waals surface area (Å²) in [6, 6.07) is 7.40. The summed E-state index contributed by atoms with van der Waals surface area (Å²) in [5, 5.41) is 3.61. The Morgan fingerprint density at radius 3 is 2.88 bits per heavy atom. The Kier molecular flexibility index (Phi) is 7.28. The molecule has 1 atom stereocenters. The van der Waals surface area contributed by atoms with Gasteiger partial charge in [-0.2, -0.15) is 11.8 Å². The number of hydrogen-bond acceptors (Lipinski definition) is 5. The summed E-state index contributed by atoms with van der Waals surface area (Å²) in [6.07, 6.45) is 2.78. The molecule has 0 bridgehead atoms. The highest BCUT2D eigenvalue weighted by atomic mass is 35.5. The quantitative estimate of drug-likeness (QED) is 0.604. The van der Waals surface area contributed by atoms with Gasteiger partial charge in [-0.1, -0.05) is 12.1 Å². The Morgan fingerprint density at radius 1 is 1.40 bits per heavy atom. The summed E-state index contributed by atoms with van der Waals surface area (Å²) in [6.45, 7) is 0.506. The number of hydrogen-bond donors (Lipinski definition) is 3. The smallest absolute Gasteiger partial charge is 0.258 e. The number of nitrogens with one attached hydrogen (secondary N) is 2. The van der Waals surface area contributed by atoms with Crippen LogP contribution in [0, 0.1) is 5.92 Å². The van der Waals surface area contributed by atoms with E-state index in [1.54, 1.807) is 17.8 Å². The van der Waals surface area contributed by atoms with Crippen LogP contribution in [0.15, 0.2) is 29.1 Å². The molecule has 4 N–H and O–H groups in total. The van der Waals surface area contributed by atoms with Crippen LogP contribution in [0.4, 0.5) is 0 Å². The summed E-state index contributed by atoms with van der Waals surface area (Å²) in [7, 11) is 0. The molecule has 6 nitrogen and oxygen atoms in total. The van der Waals surface area contributed by atoms with Gasteiger partial charge in [0, 0.05) is 24.8 Å². The molecule has 1 aromatic heterocycles. The molecular formula is C17H23ClN4O2S. The fraction of sp³-hybridized carbons (Fsp3) is 0.471. The van der Waals surface area contributed by atoms with E-state index in [-0.39, 0.29) is 29.9 Å². The van der Waals surface area contributed by atoms with Crippen molar-refractivity contribution in [2.75, 3.05) is 12.3 Å². The van der Waals surface area contributed by atoms with Crippen molar-refractivity contribution >= 4 is 41.0 Å². The first-order valence-electron chi connectivity index (χ1n) is 8.22. The van der Waals surface area contributed by atoms with Crippen LogP contribution >= 0.6 is 24.2 Å². The summed E-state index contributed by atoms with van der Waals surface area (Å²) in [4.78, 5) is 31.2. The minimum Gasteiger partial charge on any atom is -0.352 e. The van der Waals surface area contributed by atoms with Gasteiger partial charge >= 0.3 is 0 Å². The Labute approximate surface area is 156 Å². The van der Waals surface area contributed by atoms with Crippen LogP contribution in [0.25, 0.3) is 10.9 Å². The lowest BCUT2D eigenvalue weighted by Gasteiger charge is -2.15. The fourth-order valence-electron chi connectivity index (χ4n) is 2.68. The maximum atomic E-state index is 12.0. The molecule has 136 valence electrons. The zero-order valence-corrected chi connectivity index (χ0v) is 15.5. The minimum atomic E-state index is -0.121. The van der Waals surface area contributed by atoms with Gasteiger partial charge in [0.15, 0.2) is 0 Å². The lowest BCUT2D eigenvalue weighted by molar-refractivity contribution is -0.121. The van der Waals surface area contributed by atoms with Gasteiger partial charge in [-0.25, -0.2) is 4.98 Å². The number of para-hydroxylation sites is 1. The Morgan fingerprint density at radius 2 is 2.16 bits per heavy atom. The molecule has 0 spiro atoms. The van der Waals surface area contributed by atoms with E-state index in [2.05, 4.69) is 15.3 Å². The number of H-pyrrole nitrogens is 1. The number of aromatic nitrogens is 2. The third-order valence-corrected chi connectivity index (χ3v) is 5.14. The van der Waals surface area contributed by atoms with Crippen molar-refractivity contribution in [3.8, 4) is 0 Å². The van der Waals surface area contributed by atoms with Crippen molar-refractivity contribution in [2.24, 2.45) is 11.7 Å². The minimum absolute atomic E-state index is 0. The van der Waals surface area contributed by atoms with Gasteiger partial charge < -0.3 is 16.0 Å². The number of fused-ring (bicyclic) bond motifs is 1. The SMILES string of the molecule is Cl.NCC(NC(=O)CCSCc1nc2ccccc2c(=O)[nH]1)C1CC1. The molecule has 0 saturated heterocycles. The molecule has 2 aromatic rings. The topological polar surface area (TPSA) is 101 Å². The lowest BCUT2D eigenvalue weighted by atomic mass is 10.2. The van der Waals surface area contributed by atoms with Crippen molar-refractivity contribution in [2.45, 2.75) is 31.1 Å². The van der Waals surface area contributed by atoms with E-state index in [1.165, 1.54) is 0 Å². The Hall–Kier alpha value is -1.57. The lowest BCUT2D eigenvalue weighted by Crippen LogP contribution is -2.41. The normalized spacial score (nSPS) is 14.8. The van der Waals surface area contributed by atoms with E-state index >= 15 is 0 Å². The third kappa shape index (κ3) is 5.45. The number of carbonyl (C=O) groups is 1. The van der Waals surface area contributed by atoms with Crippen LogP contribution in [0.3, 0.4) is 0 Å². The third-order valence-electron chi connectivity index (χ3n) is 4.17. The Balaban J connectivity index is 0.00000225. The standard InChI is InChI=1S/C17H22N4O2S.ClH/c18-9-14(11-5-6-11)20-16(22)7-8-24-10-15-19-13-4-2-1-3-12(13)17(23)21-15;/h1-4,11,14H,5-10,18H2,(H,20,22)(H,19,21,23);1H. The van der Waals surface area contributed by atoms with Crippen molar-refractivity contribution in [3.05, 3.63) is 40.4 Å². The summed E-state index contributed by atoms with van der Waals surface area (Å²) >= 11 is 1.59. The molecule has 1 aliphatic rings. The average molecular weight is 383 g/mol. The van der Waals surface area contributed by atoms with Crippen LogP contribution in [-0.4, -0.2) is 34.2 Å². The number of nitrogens with two attached hydrogens (primary N) is 1. The number of carbonyl (C=O) groups excluding carboxylic acids is 1. The zero-order chi connectivity index (χ0) is 16.9. The molecule has 1 amide bonds. The van der Waals surface area contributed by atoms with E-state index < -0.39 is 0 Å². The second kappa shape index (κ2) is 9.22. The van der Waals surface area contributed by atoms with Crippen molar-refractivity contribution in [1.82, 2.24) is 15.3 Å². The van der Waals surface area contributed by atoms with Gasteiger partial charge in [0.05, 0.1) is 16.7 Å². The predicted molar refractivity (Wildman–Crippen MR) is 104 cm³/mol. The van der Waals surface area contributed by atoms with Crippen LogP contribution in [0.1, 0.15) is 25.1 Å². The van der Waals surface area contributed by atoms with Crippen LogP contribution in [0.2, 0.25) is 0 Å². The zero-order valence-electron chi connectivity index (χ0n) is 13.9. The number of halogens is 1. The van der Waals surface area contributed by atoms with Gasteiger partial charge in [0.2, 0.25) is 5.91 Å². The molecule has 1 aromatic carbocycles. The van der Waals surface area contributed by atoms with E-state index in [9.17, 15) is 9.59 Å². The molecule has 0 aliphatic heterocycles. The molecule has 1 unspecified atom stereocenters. The first kappa shape index (κ1) is 19.8. The summed E-state index contributed by atoms with van der Waals surface area (Å²) < 4.78 is 0. The van der Waals surface area contributed by atoms with Crippen LogP contribution in [-0.2, 0) is 10.5 Å². The van der Waals surface area contributed by atoms with Crippen molar-refractivity contribution in [3.63, 3.8) is 0 Å². The highest BCUT2D eigenvalue weighted by Crippen LogP contribution is 2.32. The average Bonchev–Trinajstić information content (AvgIpc) is 3.41. The number of benzene rings is 1. The largest absolute Gasteiger partial charge is 0.352 e. The number of rotatable bonds is 8. The second-order valence-electron chi connectivity index (χ2n) is 6.08. The van der Waals surface area contributed by atoms with Gasteiger partial charge in [0.25, 0.3) is 5.56 Å². The van der Waals surface area contributed by atoms with Crippen LogP contribution in [0.5, 0.6) is 0 Å². The van der Waals surface area contributed by atoms with E-state index in [0.29, 0.717) is 47.1 Å². The number of thioether (sulfide) groups is 1. The molecule has 1 fully saturated rings. The summed E-state index contributed by atoms with van der Waals surface area (Å²) in [5.74, 6) is 2.52. The summed E-state index contributed by atoms with van der Waals surface area (Å²) in [5.41, 5.74) is 6.27. The predicted octanol–water partition coefficient (Wildman–Crippen LogP) is 1.82. The first-order chi connectivity index (χ1) is 11.7. The van der Waals surface area contributed by atoms with Crippen LogP contribution < -0.4 is 16.6 Å². The van der Waals surface area contributed by atoms with Gasteiger partial charge in [0.1, 0.15) is 5.82 Å². The monoisotopic (exact) mass is 382 g/mol. The van der Waals surface area contributed by atoms with E-state index in [1.807, 2.05) is 18.2 Å². The number of amides is 1. The molecule has 1 saturated carbocycles. The first-order valence-corrected chi connectivity index (χ1v) is 9.38. The Bertz CT molecular complexity index is 779. The number of nitrogens with zero attached hydrogens (tertiary/aromatic N) is 1. The van der Waals surface area contributed by atoms with Crippen molar-refractivity contribution in [1.29, 1.82) is 0 Å². The highest BCUT2D eigenvalue weighted by Gasteiger charge is 2.30. The van der Waals surface area contributed by atoms with Gasteiger partial charge in [-0.15, -0.1) is 12.4 Å². The molecule has 25 heavy (non-hydrogen) atoms. The van der Waals surface area contributed by atoms with E-state index in [0.717, 1.165) is 12.8 Å². The van der Waals surface area contributed by atoms with Gasteiger partial charge in [-0.05, 0) is 30.9 Å². The molecule has 1 aliphatic carbocycles. The fourth-order valence-corrected chi connectivity index (χ4v) is 3.49. The maximum Gasteiger partial charge on any atom is 0.258 e.